The summed E-state index contributed by atoms with van der Waals surface area (Å²) >= 11 is 0. The van der Waals surface area contributed by atoms with Gasteiger partial charge in [0, 0.05) is 5.56 Å². The average molecular weight is 323 g/mol. The van der Waals surface area contributed by atoms with E-state index in [4.69, 9.17) is 5.26 Å². The number of nitriles is 1. The van der Waals surface area contributed by atoms with Gasteiger partial charge in [-0.3, -0.25) is 0 Å². The van der Waals surface area contributed by atoms with Crippen molar-refractivity contribution in [2.75, 3.05) is 0 Å². The molecule has 0 heterocycles. The summed E-state index contributed by atoms with van der Waals surface area (Å²) in [6, 6.07) is 6.33. The number of allylic oxidation sites excluding steroid dienone is 2. The van der Waals surface area contributed by atoms with E-state index in [1.165, 1.54) is 57.1 Å². The first-order valence-electron chi connectivity index (χ1n) is 9.00. The fraction of sp³-hybridized carbons (Fsp3) is 0.500. The second-order valence-electron chi connectivity index (χ2n) is 6.89. The van der Waals surface area contributed by atoms with Crippen molar-refractivity contribution in [1.82, 2.24) is 0 Å². The van der Waals surface area contributed by atoms with E-state index in [-0.39, 0.29) is 11.0 Å². The van der Waals surface area contributed by atoms with Crippen LogP contribution in [0.1, 0.15) is 69.9 Å². The summed E-state index contributed by atoms with van der Waals surface area (Å²) in [7, 11) is 0. The van der Waals surface area contributed by atoms with Crippen LogP contribution in [0.4, 0.5) is 4.39 Å². The first-order chi connectivity index (χ1) is 11.6. The van der Waals surface area contributed by atoms with Crippen molar-refractivity contribution < 1.29 is 4.39 Å². The molecule has 0 aromatic heterocycles. The topological polar surface area (TPSA) is 23.8 Å². The molecule has 0 N–H and O–H groups in total. The minimum Gasteiger partial charge on any atom is -0.206 e. The van der Waals surface area contributed by atoms with E-state index in [1.807, 2.05) is 12.1 Å². The Hall–Kier alpha value is -2.06. The zero-order valence-electron chi connectivity index (χ0n) is 14.7. The molecule has 1 aliphatic rings. The van der Waals surface area contributed by atoms with Gasteiger partial charge in [0.05, 0.1) is 5.56 Å². The summed E-state index contributed by atoms with van der Waals surface area (Å²) in [5, 5.41) is 8.75. The van der Waals surface area contributed by atoms with Gasteiger partial charge in [0.25, 0.3) is 0 Å². The number of hydrogen-bond donors (Lipinski definition) is 0. The van der Waals surface area contributed by atoms with Crippen LogP contribution >= 0.6 is 0 Å². The lowest BCUT2D eigenvalue weighted by Crippen LogP contribution is -2.29. The Morgan fingerprint density at radius 1 is 1.29 bits per heavy atom. The molecule has 1 atom stereocenters. The van der Waals surface area contributed by atoms with Crippen LogP contribution in [-0.2, 0) is 0 Å². The first kappa shape index (κ1) is 18.3. The van der Waals surface area contributed by atoms with Gasteiger partial charge in [-0.25, -0.2) is 4.39 Å². The van der Waals surface area contributed by atoms with Crippen molar-refractivity contribution in [2.45, 2.75) is 58.8 Å². The zero-order chi connectivity index (χ0) is 17.4. The molecule has 0 aliphatic heterocycles. The third-order valence-electron chi connectivity index (χ3n) is 5.29. The van der Waals surface area contributed by atoms with E-state index >= 15 is 0 Å². The Bertz CT molecular complexity index is 678. The van der Waals surface area contributed by atoms with Crippen LogP contribution in [0.5, 0.6) is 0 Å². The smallest absolute Gasteiger partial charge is 0.142 e. The van der Waals surface area contributed by atoms with Crippen LogP contribution in [-0.4, -0.2) is 0 Å². The Balaban J connectivity index is 2.13. The molecule has 0 saturated heterocycles. The molecule has 1 nitrogen and oxygen atoms in total. The van der Waals surface area contributed by atoms with Gasteiger partial charge in [-0.1, -0.05) is 63.9 Å². The highest BCUT2D eigenvalue weighted by molar-refractivity contribution is 5.42. The van der Waals surface area contributed by atoms with Gasteiger partial charge in [0.15, 0.2) is 0 Å². The molecule has 1 unspecified atom stereocenters. The quantitative estimate of drug-likeness (QED) is 0.624. The van der Waals surface area contributed by atoms with Gasteiger partial charge in [0.2, 0.25) is 0 Å². The van der Waals surface area contributed by atoms with Gasteiger partial charge in [-0.15, -0.1) is 0 Å². The maximum atomic E-state index is 13.6. The lowest BCUT2D eigenvalue weighted by Gasteiger charge is -2.40. The third kappa shape index (κ3) is 4.48. The molecule has 1 aromatic carbocycles. The van der Waals surface area contributed by atoms with E-state index < -0.39 is 5.82 Å². The number of nitrogens with zero attached hydrogens (tertiary/aromatic N) is 1. The molecule has 2 heteroatoms. The molecule has 0 radical (unpaired) electrons. The molecular weight excluding hydrogens is 297 g/mol. The van der Waals surface area contributed by atoms with Gasteiger partial charge >= 0.3 is 0 Å². The third-order valence-corrected chi connectivity index (χ3v) is 5.29. The van der Waals surface area contributed by atoms with Crippen molar-refractivity contribution >= 4 is 0 Å². The Morgan fingerprint density at radius 2 is 2.04 bits per heavy atom. The van der Waals surface area contributed by atoms with E-state index in [1.54, 1.807) is 6.07 Å². The highest BCUT2D eigenvalue weighted by Crippen LogP contribution is 2.45. The van der Waals surface area contributed by atoms with Gasteiger partial charge in [0.1, 0.15) is 11.9 Å². The second-order valence-corrected chi connectivity index (χ2v) is 6.89. The summed E-state index contributed by atoms with van der Waals surface area (Å²) in [6.45, 7) is 4.61. The summed E-state index contributed by atoms with van der Waals surface area (Å²) in [5.41, 5.74) is 0.944. The van der Waals surface area contributed by atoms with Crippen LogP contribution in [0, 0.1) is 40.3 Å². The maximum absolute atomic E-state index is 13.6. The molecule has 1 fully saturated rings. The van der Waals surface area contributed by atoms with Crippen LogP contribution in [0.15, 0.2) is 30.4 Å². The van der Waals surface area contributed by atoms with Crippen LogP contribution in [0.25, 0.3) is 0 Å². The van der Waals surface area contributed by atoms with E-state index in [9.17, 15) is 4.39 Å². The minimum atomic E-state index is -0.506. The van der Waals surface area contributed by atoms with Gasteiger partial charge < -0.3 is 0 Å². The van der Waals surface area contributed by atoms with Crippen LogP contribution in [0.3, 0.4) is 0 Å². The molecule has 126 valence electrons. The Kier molecular flexibility index (Phi) is 6.62. The maximum Gasteiger partial charge on any atom is 0.142 e. The highest BCUT2D eigenvalue weighted by Gasteiger charge is 2.34. The minimum absolute atomic E-state index is 0.0608. The SMILES string of the molecule is CCCC(C)C1(C=CC#Cc2ccc(C#N)c(F)c2)CCCCC1. The molecule has 1 aliphatic carbocycles. The first-order valence-corrected chi connectivity index (χ1v) is 9.00. The molecular formula is C22H26FN. The molecule has 0 amide bonds. The molecule has 0 bridgehead atoms. The number of hydrogen-bond acceptors (Lipinski definition) is 1. The fourth-order valence-electron chi connectivity index (χ4n) is 3.77. The van der Waals surface area contributed by atoms with Crippen LogP contribution in [0.2, 0.25) is 0 Å². The predicted octanol–water partition coefficient (Wildman–Crippen LogP) is 5.99. The molecule has 0 spiro atoms. The Labute approximate surface area is 145 Å². The standard InChI is InChI=1S/C22H26FN/c1-3-9-18(2)22(13-6-4-7-14-22)15-8-5-10-19-11-12-20(17-24)21(23)16-19/h8,11-12,15-16,18H,3-4,6-7,9,13-14H2,1-2H3. The van der Waals surface area contributed by atoms with E-state index in [2.05, 4.69) is 31.8 Å². The van der Waals surface area contributed by atoms with Crippen molar-refractivity contribution in [3.05, 3.63) is 47.3 Å². The molecule has 1 aromatic rings. The average Bonchev–Trinajstić information content (AvgIpc) is 2.60. The molecule has 1 saturated carbocycles. The van der Waals surface area contributed by atoms with E-state index in [0.717, 1.165) is 0 Å². The number of rotatable bonds is 4. The predicted molar refractivity (Wildman–Crippen MR) is 96.7 cm³/mol. The van der Waals surface area contributed by atoms with Crippen molar-refractivity contribution in [3.63, 3.8) is 0 Å². The summed E-state index contributed by atoms with van der Waals surface area (Å²) < 4.78 is 13.6. The lowest BCUT2D eigenvalue weighted by molar-refractivity contribution is 0.159. The summed E-state index contributed by atoms with van der Waals surface area (Å²) in [6.07, 6.45) is 13.2. The monoisotopic (exact) mass is 323 g/mol. The largest absolute Gasteiger partial charge is 0.206 e. The van der Waals surface area contributed by atoms with Gasteiger partial charge in [-0.05, 0) is 48.4 Å². The lowest BCUT2D eigenvalue weighted by atomic mass is 9.65. The zero-order valence-corrected chi connectivity index (χ0v) is 14.7. The van der Waals surface area contributed by atoms with Crippen molar-refractivity contribution in [2.24, 2.45) is 11.3 Å². The van der Waals surface area contributed by atoms with Crippen molar-refractivity contribution in [3.8, 4) is 17.9 Å². The summed E-state index contributed by atoms with van der Waals surface area (Å²) in [4.78, 5) is 0. The second kappa shape index (κ2) is 8.70. The molecule has 2 rings (SSSR count). The normalized spacial score (nSPS) is 17.8. The Morgan fingerprint density at radius 3 is 2.67 bits per heavy atom. The van der Waals surface area contributed by atoms with E-state index in [0.29, 0.717) is 11.5 Å². The van der Waals surface area contributed by atoms with Crippen LogP contribution < -0.4 is 0 Å². The van der Waals surface area contributed by atoms with Crippen molar-refractivity contribution in [1.29, 1.82) is 5.26 Å². The number of halogens is 1. The fourth-order valence-corrected chi connectivity index (χ4v) is 3.77. The highest BCUT2D eigenvalue weighted by atomic mass is 19.1. The summed E-state index contributed by atoms with van der Waals surface area (Å²) in [5.74, 6) is 6.20. The number of benzene rings is 1. The van der Waals surface area contributed by atoms with Gasteiger partial charge in [-0.2, -0.15) is 5.26 Å². The molecule has 24 heavy (non-hydrogen) atoms.